The first kappa shape index (κ1) is 21.4. The van der Waals surface area contributed by atoms with Crippen LogP contribution < -0.4 is 10.6 Å². The Morgan fingerprint density at radius 2 is 1.87 bits per heavy atom. The van der Waals surface area contributed by atoms with Gasteiger partial charge in [-0.05, 0) is 12.5 Å². The lowest BCUT2D eigenvalue weighted by molar-refractivity contribution is -0.384. The summed E-state index contributed by atoms with van der Waals surface area (Å²) in [5, 5.41) is 15.9. The van der Waals surface area contributed by atoms with Gasteiger partial charge in [0, 0.05) is 25.2 Å². The van der Waals surface area contributed by atoms with Crippen molar-refractivity contribution in [2.24, 2.45) is 4.99 Å². The van der Waals surface area contributed by atoms with E-state index < -0.39 is 17.5 Å². The van der Waals surface area contributed by atoms with Crippen molar-refractivity contribution in [3.05, 3.63) is 39.9 Å². The number of guanidine groups is 1. The van der Waals surface area contributed by atoms with E-state index >= 15 is 0 Å². The van der Waals surface area contributed by atoms with Crippen LogP contribution in [-0.4, -0.2) is 30.1 Å². The Morgan fingerprint density at radius 1 is 1.26 bits per heavy atom. The lowest BCUT2D eigenvalue weighted by Gasteiger charge is -2.12. The van der Waals surface area contributed by atoms with Crippen LogP contribution in [0.2, 0.25) is 0 Å². The Morgan fingerprint density at radius 3 is 2.35 bits per heavy atom. The largest absolute Gasteiger partial charge is 0.390 e. The maximum atomic E-state index is 12.1. The van der Waals surface area contributed by atoms with E-state index in [2.05, 4.69) is 15.6 Å². The van der Waals surface area contributed by atoms with Crippen LogP contribution in [-0.2, 0) is 6.54 Å². The molecule has 1 aromatic carbocycles. The molecule has 23 heavy (non-hydrogen) atoms. The maximum Gasteiger partial charge on any atom is 0.390 e. The van der Waals surface area contributed by atoms with E-state index in [1.54, 1.807) is 19.1 Å². The number of alkyl halides is 3. The molecule has 2 N–H and O–H groups in total. The molecule has 0 saturated carbocycles. The van der Waals surface area contributed by atoms with Gasteiger partial charge in [0.25, 0.3) is 5.69 Å². The third kappa shape index (κ3) is 9.21. The second kappa shape index (κ2) is 10.2. The van der Waals surface area contributed by atoms with Crippen molar-refractivity contribution < 1.29 is 18.1 Å². The Balaban J connectivity index is 0.00000484. The number of rotatable bonds is 6. The quantitative estimate of drug-likeness (QED) is 0.231. The minimum Gasteiger partial charge on any atom is -0.357 e. The number of aliphatic imine (C=N–C) groups is 1. The summed E-state index contributed by atoms with van der Waals surface area (Å²) in [6.45, 7) is 2.25. The molecule has 0 heterocycles. The van der Waals surface area contributed by atoms with Crippen LogP contribution in [0.25, 0.3) is 0 Å². The first-order valence-corrected chi connectivity index (χ1v) is 6.64. The molecule has 0 amide bonds. The van der Waals surface area contributed by atoms with Gasteiger partial charge in [-0.25, -0.2) is 4.99 Å². The van der Waals surface area contributed by atoms with Crippen molar-refractivity contribution in [2.45, 2.75) is 26.1 Å². The molecule has 6 nitrogen and oxygen atoms in total. The van der Waals surface area contributed by atoms with E-state index in [1.165, 1.54) is 12.1 Å². The number of nitrogens with zero attached hydrogens (tertiary/aromatic N) is 2. The SMILES string of the molecule is CCNC(=NCc1ccc([N+](=O)[O-])cc1)NCCC(F)(F)F.I. The first-order valence-electron chi connectivity index (χ1n) is 6.64. The highest BCUT2D eigenvalue weighted by atomic mass is 127. The van der Waals surface area contributed by atoms with Crippen molar-refractivity contribution >= 4 is 35.6 Å². The molecule has 0 atom stereocenters. The fourth-order valence-corrected chi connectivity index (χ4v) is 1.56. The number of nitro benzene ring substituents is 1. The monoisotopic (exact) mass is 446 g/mol. The van der Waals surface area contributed by atoms with Crippen molar-refractivity contribution in [3.8, 4) is 0 Å². The van der Waals surface area contributed by atoms with Gasteiger partial charge in [0.1, 0.15) is 0 Å². The molecule has 130 valence electrons. The third-order valence-electron chi connectivity index (χ3n) is 2.61. The van der Waals surface area contributed by atoms with Crippen LogP contribution in [0.1, 0.15) is 18.9 Å². The first-order chi connectivity index (χ1) is 10.3. The molecule has 0 fully saturated rings. The molecule has 10 heteroatoms. The normalized spacial score (nSPS) is 11.6. The zero-order valence-electron chi connectivity index (χ0n) is 12.4. The summed E-state index contributed by atoms with van der Waals surface area (Å²) in [5.41, 5.74) is 0.696. The lowest BCUT2D eigenvalue weighted by Crippen LogP contribution is -2.38. The number of benzene rings is 1. The molecule has 0 saturated heterocycles. The molecule has 0 bridgehead atoms. The number of halogens is 4. The summed E-state index contributed by atoms with van der Waals surface area (Å²) < 4.78 is 36.3. The van der Waals surface area contributed by atoms with Crippen molar-refractivity contribution in [1.82, 2.24) is 10.6 Å². The van der Waals surface area contributed by atoms with Gasteiger partial charge in [0.2, 0.25) is 0 Å². The summed E-state index contributed by atoms with van der Waals surface area (Å²) in [5.74, 6) is 0.269. The molecule has 0 spiro atoms. The summed E-state index contributed by atoms with van der Waals surface area (Å²) in [6, 6.07) is 5.82. The average molecular weight is 446 g/mol. The average Bonchev–Trinajstić information content (AvgIpc) is 2.44. The number of hydrogen-bond acceptors (Lipinski definition) is 3. The van der Waals surface area contributed by atoms with Crippen LogP contribution >= 0.6 is 24.0 Å². The predicted molar refractivity (Wildman–Crippen MR) is 92.0 cm³/mol. The Labute approximate surface area is 148 Å². The van der Waals surface area contributed by atoms with Crippen LogP contribution in [0.15, 0.2) is 29.3 Å². The fourth-order valence-electron chi connectivity index (χ4n) is 1.56. The minimum absolute atomic E-state index is 0. The highest BCUT2D eigenvalue weighted by Crippen LogP contribution is 2.18. The molecule has 0 radical (unpaired) electrons. The van der Waals surface area contributed by atoms with E-state index in [0.717, 1.165) is 5.56 Å². The molecule has 0 aliphatic heterocycles. The van der Waals surface area contributed by atoms with E-state index in [4.69, 9.17) is 0 Å². The molecule has 0 aliphatic rings. The molecule has 0 aliphatic carbocycles. The van der Waals surface area contributed by atoms with Crippen LogP contribution in [0.4, 0.5) is 18.9 Å². The van der Waals surface area contributed by atoms with E-state index in [0.29, 0.717) is 6.54 Å². The number of hydrogen-bond donors (Lipinski definition) is 2. The third-order valence-corrected chi connectivity index (χ3v) is 2.61. The van der Waals surface area contributed by atoms with Gasteiger partial charge in [-0.15, -0.1) is 24.0 Å². The highest BCUT2D eigenvalue weighted by molar-refractivity contribution is 14.0. The summed E-state index contributed by atoms with van der Waals surface area (Å²) in [4.78, 5) is 14.2. The maximum absolute atomic E-state index is 12.1. The molecule has 0 aromatic heterocycles. The zero-order chi connectivity index (χ0) is 16.6. The molecule has 1 aromatic rings. The van der Waals surface area contributed by atoms with E-state index in [-0.39, 0.29) is 48.7 Å². The van der Waals surface area contributed by atoms with Gasteiger partial charge in [0.15, 0.2) is 5.96 Å². The van der Waals surface area contributed by atoms with Gasteiger partial charge in [-0.2, -0.15) is 13.2 Å². The van der Waals surface area contributed by atoms with Crippen molar-refractivity contribution in [3.63, 3.8) is 0 Å². The summed E-state index contributed by atoms with van der Waals surface area (Å²) in [7, 11) is 0. The van der Waals surface area contributed by atoms with Gasteiger partial charge in [-0.3, -0.25) is 10.1 Å². The van der Waals surface area contributed by atoms with E-state index in [9.17, 15) is 23.3 Å². The molecule has 0 unspecified atom stereocenters. The van der Waals surface area contributed by atoms with Gasteiger partial charge >= 0.3 is 6.18 Å². The Kier molecular flexibility index (Phi) is 9.53. The Bertz CT molecular complexity index is 521. The predicted octanol–water partition coefficient (Wildman–Crippen LogP) is 3.22. The lowest BCUT2D eigenvalue weighted by atomic mass is 10.2. The number of nitrogens with one attached hydrogen (secondary N) is 2. The topological polar surface area (TPSA) is 79.6 Å². The second-order valence-electron chi connectivity index (χ2n) is 4.41. The van der Waals surface area contributed by atoms with Crippen molar-refractivity contribution in [2.75, 3.05) is 13.1 Å². The van der Waals surface area contributed by atoms with Gasteiger partial charge in [0.05, 0.1) is 17.9 Å². The van der Waals surface area contributed by atoms with Crippen molar-refractivity contribution in [1.29, 1.82) is 0 Å². The molecular weight excluding hydrogens is 428 g/mol. The number of nitro groups is 1. The van der Waals surface area contributed by atoms with E-state index in [1.807, 2.05) is 0 Å². The molecule has 1 rings (SSSR count). The Hall–Kier alpha value is -1.59. The van der Waals surface area contributed by atoms with Crippen LogP contribution in [0.5, 0.6) is 0 Å². The standard InChI is InChI=1S/C13H17F3N4O2.HI/c1-2-17-12(18-8-7-13(14,15)16)19-9-10-3-5-11(6-4-10)20(21)22;/h3-6H,2,7-9H2,1H3,(H2,17,18,19);1H. The summed E-state index contributed by atoms with van der Waals surface area (Å²) in [6.07, 6.45) is -5.17. The van der Waals surface area contributed by atoms with Gasteiger partial charge < -0.3 is 10.6 Å². The fraction of sp³-hybridized carbons (Fsp3) is 0.462. The second-order valence-corrected chi connectivity index (χ2v) is 4.41. The minimum atomic E-state index is -4.22. The van der Waals surface area contributed by atoms with Crippen LogP contribution in [0.3, 0.4) is 0 Å². The zero-order valence-corrected chi connectivity index (χ0v) is 14.7. The molecular formula is C13H18F3IN4O2. The highest BCUT2D eigenvalue weighted by Gasteiger charge is 2.26. The smallest absolute Gasteiger partial charge is 0.357 e. The van der Waals surface area contributed by atoms with Gasteiger partial charge in [-0.1, -0.05) is 12.1 Å². The number of non-ortho nitro benzene ring substituents is 1. The van der Waals surface area contributed by atoms with Crippen LogP contribution in [0, 0.1) is 10.1 Å². The summed E-state index contributed by atoms with van der Waals surface area (Å²) >= 11 is 0.